The van der Waals surface area contributed by atoms with Crippen LogP contribution in [0.3, 0.4) is 0 Å². The van der Waals surface area contributed by atoms with Gasteiger partial charge in [0.25, 0.3) is 5.91 Å². The standard InChI is InChI=1S/C18H22N4O3/c1-4-5-12-22(2)17(23)15-10-11-16(21-20-15)19-14-8-6-13(7-9-14)18(24)25-3/h6-11H,4-5,12H2,1-3H3,(H,19,21). The van der Waals surface area contributed by atoms with Crippen molar-refractivity contribution in [3.63, 3.8) is 0 Å². The second-order valence-corrected chi connectivity index (χ2v) is 5.58. The lowest BCUT2D eigenvalue weighted by Gasteiger charge is -2.15. The molecule has 1 heterocycles. The van der Waals surface area contributed by atoms with Crippen molar-refractivity contribution < 1.29 is 14.3 Å². The molecule has 7 nitrogen and oxygen atoms in total. The zero-order chi connectivity index (χ0) is 18.2. The summed E-state index contributed by atoms with van der Waals surface area (Å²) in [5, 5.41) is 11.1. The van der Waals surface area contributed by atoms with Crippen molar-refractivity contribution in [3.05, 3.63) is 47.7 Å². The summed E-state index contributed by atoms with van der Waals surface area (Å²) >= 11 is 0. The minimum atomic E-state index is -0.388. The number of aromatic nitrogens is 2. The molecule has 2 aromatic rings. The molecule has 0 saturated carbocycles. The number of unbranched alkanes of at least 4 members (excludes halogenated alkanes) is 1. The fourth-order valence-electron chi connectivity index (χ4n) is 2.16. The van der Waals surface area contributed by atoms with Gasteiger partial charge in [-0.1, -0.05) is 13.3 Å². The quantitative estimate of drug-likeness (QED) is 0.779. The number of hydrogen-bond donors (Lipinski definition) is 1. The third-order valence-electron chi connectivity index (χ3n) is 3.66. The van der Waals surface area contributed by atoms with Crippen LogP contribution in [-0.2, 0) is 4.74 Å². The Balaban J connectivity index is 2.00. The Morgan fingerprint density at radius 3 is 2.40 bits per heavy atom. The van der Waals surface area contributed by atoms with E-state index in [-0.39, 0.29) is 11.9 Å². The van der Waals surface area contributed by atoms with Crippen LogP contribution in [0.25, 0.3) is 0 Å². The number of hydrogen-bond acceptors (Lipinski definition) is 6. The van der Waals surface area contributed by atoms with Crippen LogP contribution in [0.1, 0.15) is 40.6 Å². The van der Waals surface area contributed by atoms with Crippen molar-refractivity contribution in [2.24, 2.45) is 0 Å². The molecule has 0 fully saturated rings. The van der Waals surface area contributed by atoms with E-state index >= 15 is 0 Å². The van der Waals surface area contributed by atoms with Crippen molar-refractivity contribution >= 4 is 23.4 Å². The number of ether oxygens (including phenoxy) is 1. The first-order valence-corrected chi connectivity index (χ1v) is 8.09. The second-order valence-electron chi connectivity index (χ2n) is 5.58. The Hall–Kier alpha value is -2.96. The molecule has 0 atom stereocenters. The van der Waals surface area contributed by atoms with E-state index in [9.17, 15) is 9.59 Å². The van der Waals surface area contributed by atoms with Gasteiger partial charge in [0.1, 0.15) is 0 Å². The van der Waals surface area contributed by atoms with E-state index in [1.165, 1.54) is 7.11 Å². The van der Waals surface area contributed by atoms with E-state index in [0.29, 0.717) is 23.6 Å². The first kappa shape index (κ1) is 18.4. The maximum absolute atomic E-state index is 12.2. The second kappa shape index (κ2) is 8.77. The number of esters is 1. The van der Waals surface area contributed by atoms with Crippen LogP contribution < -0.4 is 5.32 Å². The third-order valence-corrected chi connectivity index (χ3v) is 3.66. The van der Waals surface area contributed by atoms with Crippen molar-refractivity contribution in [3.8, 4) is 0 Å². The summed E-state index contributed by atoms with van der Waals surface area (Å²) in [6.45, 7) is 2.78. The molecule has 7 heteroatoms. The number of anilines is 2. The van der Waals surface area contributed by atoms with Crippen molar-refractivity contribution in [2.45, 2.75) is 19.8 Å². The van der Waals surface area contributed by atoms with E-state index in [4.69, 9.17) is 0 Å². The molecule has 0 aliphatic rings. The lowest BCUT2D eigenvalue weighted by atomic mass is 10.2. The van der Waals surface area contributed by atoms with Gasteiger partial charge in [0, 0.05) is 19.3 Å². The van der Waals surface area contributed by atoms with Crippen LogP contribution in [0, 0.1) is 0 Å². The molecule has 0 bridgehead atoms. The topological polar surface area (TPSA) is 84.4 Å². The Morgan fingerprint density at radius 1 is 1.12 bits per heavy atom. The summed E-state index contributed by atoms with van der Waals surface area (Å²) < 4.78 is 4.66. The van der Waals surface area contributed by atoms with Gasteiger partial charge in [-0.3, -0.25) is 4.79 Å². The number of rotatable bonds is 7. The number of nitrogens with zero attached hydrogens (tertiary/aromatic N) is 3. The summed E-state index contributed by atoms with van der Waals surface area (Å²) in [5.74, 6) is -0.0186. The minimum Gasteiger partial charge on any atom is -0.465 e. The number of amides is 1. The molecule has 0 aliphatic heterocycles. The smallest absolute Gasteiger partial charge is 0.337 e. The first-order chi connectivity index (χ1) is 12.0. The van der Waals surface area contributed by atoms with Gasteiger partial charge in [-0.15, -0.1) is 10.2 Å². The van der Waals surface area contributed by atoms with Gasteiger partial charge in [0.05, 0.1) is 12.7 Å². The summed E-state index contributed by atoms with van der Waals surface area (Å²) in [6.07, 6.45) is 1.98. The van der Waals surface area contributed by atoms with E-state index in [2.05, 4.69) is 27.2 Å². The molecule has 0 radical (unpaired) electrons. The molecule has 1 aromatic carbocycles. The van der Waals surface area contributed by atoms with Crippen molar-refractivity contribution in [1.29, 1.82) is 0 Å². The summed E-state index contributed by atoms with van der Waals surface area (Å²) in [7, 11) is 3.10. The minimum absolute atomic E-state index is 0.144. The van der Waals surface area contributed by atoms with Gasteiger partial charge in [-0.05, 0) is 42.8 Å². The molecular formula is C18H22N4O3. The van der Waals surface area contributed by atoms with Crippen molar-refractivity contribution in [1.82, 2.24) is 15.1 Å². The molecule has 2 rings (SSSR count). The summed E-state index contributed by atoms with van der Waals surface area (Å²) in [5.41, 5.74) is 1.53. The molecule has 0 saturated heterocycles. The van der Waals surface area contributed by atoms with Gasteiger partial charge in [0.15, 0.2) is 11.5 Å². The van der Waals surface area contributed by atoms with Crippen LogP contribution >= 0.6 is 0 Å². The van der Waals surface area contributed by atoms with E-state index in [0.717, 1.165) is 18.5 Å². The van der Waals surface area contributed by atoms with Gasteiger partial charge in [0.2, 0.25) is 0 Å². The fourth-order valence-corrected chi connectivity index (χ4v) is 2.16. The molecule has 1 aromatic heterocycles. The summed E-state index contributed by atoms with van der Waals surface area (Å²) in [6, 6.07) is 10.1. The monoisotopic (exact) mass is 342 g/mol. The number of carbonyl (C=O) groups excluding carboxylic acids is 2. The summed E-state index contributed by atoms with van der Waals surface area (Å²) in [4.78, 5) is 25.3. The number of benzene rings is 1. The Bertz CT molecular complexity index is 714. The van der Waals surface area contributed by atoms with Crippen LogP contribution in [0.5, 0.6) is 0 Å². The Labute approximate surface area is 147 Å². The Morgan fingerprint density at radius 2 is 1.84 bits per heavy atom. The predicted molar refractivity (Wildman–Crippen MR) is 95.0 cm³/mol. The maximum atomic E-state index is 12.2. The molecule has 0 aliphatic carbocycles. The van der Waals surface area contributed by atoms with Crippen LogP contribution in [0.4, 0.5) is 11.5 Å². The van der Waals surface area contributed by atoms with Crippen molar-refractivity contribution in [2.75, 3.05) is 26.0 Å². The average molecular weight is 342 g/mol. The first-order valence-electron chi connectivity index (χ1n) is 8.09. The highest BCUT2D eigenvalue weighted by Crippen LogP contribution is 2.15. The molecular weight excluding hydrogens is 320 g/mol. The highest BCUT2D eigenvalue weighted by Gasteiger charge is 2.13. The van der Waals surface area contributed by atoms with Crippen LogP contribution in [0.15, 0.2) is 36.4 Å². The SMILES string of the molecule is CCCCN(C)C(=O)c1ccc(Nc2ccc(C(=O)OC)cc2)nn1. The molecule has 0 spiro atoms. The van der Waals surface area contributed by atoms with E-state index < -0.39 is 0 Å². The lowest BCUT2D eigenvalue weighted by molar-refractivity contribution is 0.0600. The number of methoxy groups -OCH3 is 1. The molecule has 132 valence electrons. The van der Waals surface area contributed by atoms with Crippen LogP contribution in [0.2, 0.25) is 0 Å². The average Bonchev–Trinajstić information content (AvgIpc) is 2.66. The molecule has 1 amide bonds. The maximum Gasteiger partial charge on any atom is 0.337 e. The highest BCUT2D eigenvalue weighted by atomic mass is 16.5. The zero-order valence-electron chi connectivity index (χ0n) is 14.7. The van der Waals surface area contributed by atoms with Gasteiger partial charge in [-0.25, -0.2) is 4.79 Å². The number of nitrogens with one attached hydrogen (secondary N) is 1. The number of carbonyl (C=O) groups is 2. The zero-order valence-corrected chi connectivity index (χ0v) is 14.7. The lowest BCUT2D eigenvalue weighted by Crippen LogP contribution is -2.28. The largest absolute Gasteiger partial charge is 0.465 e. The fraction of sp³-hybridized carbons (Fsp3) is 0.333. The highest BCUT2D eigenvalue weighted by molar-refractivity contribution is 5.92. The molecule has 25 heavy (non-hydrogen) atoms. The predicted octanol–water partition coefficient (Wildman–Crippen LogP) is 2.88. The molecule has 0 unspecified atom stereocenters. The molecule has 1 N–H and O–H groups in total. The van der Waals surface area contributed by atoms with E-state index in [1.807, 2.05) is 0 Å². The van der Waals surface area contributed by atoms with Crippen LogP contribution in [-0.4, -0.2) is 47.7 Å². The van der Waals surface area contributed by atoms with E-state index in [1.54, 1.807) is 48.3 Å². The van der Waals surface area contributed by atoms with Gasteiger partial charge >= 0.3 is 5.97 Å². The van der Waals surface area contributed by atoms with Gasteiger partial charge in [-0.2, -0.15) is 0 Å². The third kappa shape index (κ3) is 5.00. The Kier molecular flexibility index (Phi) is 6.45. The normalized spacial score (nSPS) is 10.2. The van der Waals surface area contributed by atoms with Gasteiger partial charge < -0.3 is 15.0 Å².